The van der Waals surface area contributed by atoms with E-state index in [1.807, 2.05) is 57.2 Å². The van der Waals surface area contributed by atoms with Crippen LogP contribution in [0.1, 0.15) is 88.4 Å². The molecule has 4 N–H and O–H groups in total. The number of aliphatic hydroxyl groups is 2. The van der Waals surface area contributed by atoms with E-state index in [0.717, 1.165) is 42.5 Å². The minimum atomic E-state index is -0.790. The molecule has 2 aromatic carbocycles. The van der Waals surface area contributed by atoms with Gasteiger partial charge in [0.25, 0.3) is 0 Å². The fourth-order valence-corrected chi connectivity index (χ4v) is 7.99. The van der Waals surface area contributed by atoms with E-state index in [1.165, 1.54) is 19.3 Å². The zero-order valence-corrected chi connectivity index (χ0v) is 29.6. The van der Waals surface area contributed by atoms with Crippen LogP contribution in [0.4, 0.5) is 0 Å². The first-order valence-electron chi connectivity index (χ1n) is 17.3. The number of carbonyl (C=O) groups excluding carboxylic acids is 2. The molecule has 2 amide bonds. The second kappa shape index (κ2) is 16.0. The SMILES string of the molecule is CC(C)(C)NC(=O)[C@@H]1CN(Cc2ccc(Cl)c(Cl)c2)CCN1C[C@@H](O)C[C@@H](CC1CCCCC1)C(=O)N[C@H]1c2ccccc2C[C@H]1O. The second-order valence-electron chi connectivity index (χ2n) is 15.0. The van der Waals surface area contributed by atoms with Gasteiger partial charge in [-0.1, -0.05) is 85.6 Å². The molecule has 2 fully saturated rings. The molecule has 1 heterocycles. The molecule has 2 aromatic rings. The Morgan fingerprint density at radius 1 is 1.02 bits per heavy atom. The first kappa shape index (κ1) is 36.1. The summed E-state index contributed by atoms with van der Waals surface area (Å²) in [7, 11) is 0. The van der Waals surface area contributed by atoms with Crippen LogP contribution in [0.5, 0.6) is 0 Å². The Labute approximate surface area is 290 Å². The standard InChI is InChI=1S/C37H52Cl2N4O4/c1-37(2,3)41-36(47)32-23-42(21-25-13-14-30(38)31(39)18-25)15-16-43(32)22-28(44)19-27(17-24-9-5-4-6-10-24)35(46)40-34-29-12-8-7-11-26(29)20-33(34)45/h7-8,11-14,18,24,27-28,32-34,44-45H,4-6,9-10,15-17,19-23H2,1-3H3,(H,40,46)(H,41,47)/t27-,28+,32+,33-,34+/m1/s1. The topological polar surface area (TPSA) is 105 Å². The number of amides is 2. The third-order valence-electron chi connectivity index (χ3n) is 9.98. The van der Waals surface area contributed by atoms with Crippen LogP contribution in [0.15, 0.2) is 42.5 Å². The summed E-state index contributed by atoms with van der Waals surface area (Å²) in [5, 5.41) is 29.7. The second-order valence-corrected chi connectivity index (χ2v) is 15.8. The summed E-state index contributed by atoms with van der Waals surface area (Å²) in [6, 6.07) is 12.6. The van der Waals surface area contributed by atoms with Gasteiger partial charge < -0.3 is 20.8 Å². The van der Waals surface area contributed by atoms with Crippen LogP contribution in [-0.4, -0.2) is 81.8 Å². The Hall–Kier alpha value is -2.20. The number of β-amino-alcohol motifs (C(OH)–C–C–N with tert-alkyl or cyclic N) is 1. The highest BCUT2D eigenvalue weighted by Crippen LogP contribution is 2.34. The lowest BCUT2D eigenvalue weighted by Crippen LogP contribution is -2.61. The Bertz CT molecular complexity index is 1380. The van der Waals surface area contributed by atoms with Crippen molar-refractivity contribution >= 4 is 35.0 Å². The summed E-state index contributed by atoms with van der Waals surface area (Å²) in [6.45, 7) is 8.65. The molecular weight excluding hydrogens is 635 g/mol. The highest BCUT2D eigenvalue weighted by atomic mass is 35.5. The van der Waals surface area contributed by atoms with Gasteiger partial charge in [0.05, 0.1) is 28.3 Å². The summed E-state index contributed by atoms with van der Waals surface area (Å²) < 4.78 is 0. The van der Waals surface area contributed by atoms with Gasteiger partial charge in [-0.05, 0) is 68.4 Å². The maximum Gasteiger partial charge on any atom is 0.239 e. The van der Waals surface area contributed by atoms with E-state index in [4.69, 9.17) is 23.2 Å². The van der Waals surface area contributed by atoms with Crippen molar-refractivity contribution in [3.05, 3.63) is 69.2 Å². The number of piperazine rings is 1. The van der Waals surface area contributed by atoms with E-state index in [2.05, 4.69) is 20.4 Å². The van der Waals surface area contributed by atoms with Crippen molar-refractivity contribution < 1.29 is 19.8 Å². The number of benzene rings is 2. The number of fused-ring (bicyclic) bond motifs is 1. The highest BCUT2D eigenvalue weighted by molar-refractivity contribution is 6.42. The van der Waals surface area contributed by atoms with Crippen molar-refractivity contribution in [2.24, 2.45) is 11.8 Å². The van der Waals surface area contributed by atoms with Gasteiger partial charge in [-0.25, -0.2) is 0 Å². The van der Waals surface area contributed by atoms with E-state index in [1.54, 1.807) is 6.07 Å². The average molecular weight is 688 g/mol. The van der Waals surface area contributed by atoms with Gasteiger partial charge in [-0.15, -0.1) is 0 Å². The number of carbonyl (C=O) groups is 2. The highest BCUT2D eigenvalue weighted by Gasteiger charge is 2.38. The van der Waals surface area contributed by atoms with E-state index < -0.39 is 29.8 Å². The molecule has 0 bridgehead atoms. The fourth-order valence-electron chi connectivity index (χ4n) is 7.67. The summed E-state index contributed by atoms with van der Waals surface area (Å²) in [6.07, 6.45) is 5.88. The maximum atomic E-state index is 13.9. The minimum absolute atomic E-state index is 0.0751. The molecule has 1 saturated heterocycles. The average Bonchev–Trinajstić information content (AvgIpc) is 3.33. The molecule has 3 aliphatic rings. The summed E-state index contributed by atoms with van der Waals surface area (Å²) in [5.74, 6) is -0.119. The lowest BCUT2D eigenvalue weighted by Gasteiger charge is -2.42. The Kier molecular flexibility index (Phi) is 12.3. The van der Waals surface area contributed by atoms with Gasteiger partial charge in [0.1, 0.15) is 6.04 Å². The number of nitrogens with zero attached hydrogens (tertiary/aromatic N) is 2. The van der Waals surface area contributed by atoms with Crippen LogP contribution in [0.3, 0.4) is 0 Å². The van der Waals surface area contributed by atoms with Crippen LogP contribution in [0, 0.1) is 11.8 Å². The molecule has 5 rings (SSSR count). The maximum absolute atomic E-state index is 13.9. The van der Waals surface area contributed by atoms with Gasteiger partial charge in [-0.3, -0.25) is 19.4 Å². The molecule has 0 aromatic heterocycles. The van der Waals surface area contributed by atoms with Crippen molar-refractivity contribution in [1.29, 1.82) is 0 Å². The third kappa shape index (κ3) is 9.93. The molecule has 0 spiro atoms. The van der Waals surface area contributed by atoms with Crippen LogP contribution >= 0.6 is 23.2 Å². The largest absolute Gasteiger partial charge is 0.392 e. The molecule has 8 nitrogen and oxygen atoms in total. The van der Waals surface area contributed by atoms with Gasteiger partial charge in [0.15, 0.2) is 0 Å². The number of aliphatic hydroxyl groups excluding tert-OH is 2. The molecule has 5 atom stereocenters. The van der Waals surface area contributed by atoms with Crippen LogP contribution < -0.4 is 10.6 Å². The molecule has 0 radical (unpaired) electrons. The van der Waals surface area contributed by atoms with Gasteiger partial charge in [0, 0.05) is 50.6 Å². The quantitative estimate of drug-likeness (QED) is 0.249. The Morgan fingerprint density at radius 2 is 1.77 bits per heavy atom. The van der Waals surface area contributed by atoms with Crippen LogP contribution in [0.25, 0.3) is 0 Å². The zero-order valence-electron chi connectivity index (χ0n) is 28.1. The Balaban J connectivity index is 1.27. The Morgan fingerprint density at radius 3 is 2.49 bits per heavy atom. The zero-order chi connectivity index (χ0) is 33.7. The van der Waals surface area contributed by atoms with E-state index in [-0.39, 0.29) is 17.7 Å². The van der Waals surface area contributed by atoms with Crippen molar-refractivity contribution in [2.45, 2.75) is 109 Å². The molecular formula is C37H52Cl2N4O4. The number of hydrogen-bond acceptors (Lipinski definition) is 6. The molecule has 258 valence electrons. The smallest absolute Gasteiger partial charge is 0.239 e. The molecule has 47 heavy (non-hydrogen) atoms. The number of hydrogen-bond donors (Lipinski definition) is 4. The lowest BCUT2D eigenvalue weighted by molar-refractivity contribution is -0.132. The monoisotopic (exact) mass is 686 g/mol. The van der Waals surface area contributed by atoms with Gasteiger partial charge >= 0.3 is 0 Å². The summed E-state index contributed by atoms with van der Waals surface area (Å²) >= 11 is 12.4. The fraction of sp³-hybridized carbons (Fsp3) is 0.622. The van der Waals surface area contributed by atoms with Crippen molar-refractivity contribution in [3.8, 4) is 0 Å². The number of rotatable bonds is 11. The minimum Gasteiger partial charge on any atom is -0.392 e. The normalized spacial score (nSPS) is 24.0. The number of nitrogens with one attached hydrogen (secondary N) is 2. The molecule has 10 heteroatoms. The van der Waals surface area contributed by atoms with E-state index in [9.17, 15) is 19.8 Å². The van der Waals surface area contributed by atoms with E-state index in [0.29, 0.717) is 55.0 Å². The van der Waals surface area contributed by atoms with Crippen LogP contribution in [0.2, 0.25) is 10.0 Å². The number of halogens is 2. The summed E-state index contributed by atoms with van der Waals surface area (Å²) in [4.78, 5) is 31.9. The first-order valence-corrected chi connectivity index (χ1v) is 18.1. The lowest BCUT2D eigenvalue weighted by atomic mass is 9.80. The predicted molar refractivity (Wildman–Crippen MR) is 187 cm³/mol. The molecule has 2 aliphatic carbocycles. The summed E-state index contributed by atoms with van der Waals surface area (Å²) in [5.41, 5.74) is 2.65. The van der Waals surface area contributed by atoms with Crippen molar-refractivity contribution in [2.75, 3.05) is 26.2 Å². The van der Waals surface area contributed by atoms with E-state index >= 15 is 0 Å². The van der Waals surface area contributed by atoms with Gasteiger partial charge in [0.2, 0.25) is 11.8 Å². The molecule has 1 saturated carbocycles. The molecule has 0 unspecified atom stereocenters. The van der Waals surface area contributed by atoms with Crippen molar-refractivity contribution in [1.82, 2.24) is 20.4 Å². The first-order chi connectivity index (χ1) is 22.4. The van der Waals surface area contributed by atoms with Gasteiger partial charge in [-0.2, -0.15) is 0 Å². The third-order valence-corrected chi connectivity index (χ3v) is 10.7. The van der Waals surface area contributed by atoms with Crippen LogP contribution in [-0.2, 0) is 22.6 Å². The predicted octanol–water partition coefficient (Wildman–Crippen LogP) is 5.51. The van der Waals surface area contributed by atoms with Crippen molar-refractivity contribution in [3.63, 3.8) is 0 Å². The molecule has 1 aliphatic heterocycles.